The van der Waals surface area contributed by atoms with E-state index in [1.807, 2.05) is 41.5 Å². The summed E-state index contributed by atoms with van der Waals surface area (Å²) in [4.78, 5) is 181. The number of hydrogen-bond donors (Lipinski definition) is 6. The zero-order valence-corrected chi connectivity index (χ0v) is 58.2. The number of nitrogens with one attached hydrogen (secondary N) is 4. The van der Waals surface area contributed by atoms with Gasteiger partial charge in [0, 0.05) is 62.4 Å². The quantitative estimate of drug-likeness (QED) is 0.0800. The third kappa shape index (κ3) is 23.2. The first-order valence-electron chi connectivity index (χ1n) is 31.8. The molecule has 0 unspecified atom stereocenters. The average molecular weight is 1280 g/mol. The van der Waals surface area contributed by atoms with Crippen molar-refractivity contribution in [2.45, 2.75) is 228 Å². The molecule has 0 aromatic rings. The molecule has 1 saturated heterocycles. The molecule has 1 aliphatic rings. The normalized spacial score (nSPS) is 26.3. The van der Waals surface area contributed by atoms with E-state index in [0.717, 1.165) is 14.7 Å². The molecule has 0 aromatic heterocycles. The molecular formula is C64H113N11O15. The summed E-state index contributed by atoms with van der Waals surface area (Å²) in [7, 11) is 9.58. The lowest BCUT2D eigenvalue weighted by Gasteiger charge is -2.41. The second-order valence-corrected chi connectivity index (χ2v) is 26.5. The van der Waals surface area contributed by atoms with Crippen LogP contribution in [-0.4, -0.2) is 251 Å². The van der Waals surface area contributed by atoms with Crippen molar-refractivity contribution in [1.29, 1.82) is 0 Å². The maximum absolute atomic E-state index is 15.2. The number of carbonyl (C=O) groups excluding carboxylic acids is 11. The molecule has 90 heavy (non-hydrogen) atoms. The Balaban J connectivity index is 4.39. The summed E-state index contributed by atoms with van der Waals surface area (Å²) in [5, 5.41) is 32.2. The SMILES string of the molecule is CC=CC[C@@H](C)[C@@H](O)[C@H]1C(=O)N[C@@H](CC)C(=O)N(C)CC(=O)N(C)[C@@H]([C@@H](C)OCCCC(=O)O)C(=O)N[C@@H](C(C)C)C(=O)N(C)[C@@H](CC(C)C)C(=O)N[C@@H](C)C(=O)N[C@H](C)C(=O)N(C)[C@@H](CC(C)C)C(=O)N(C)[C@@H](CC(C)C)C(=O)N(C)[C@@H](C(C)C)C(=O)N1C. The van der Waals surface area contributed by atoms with Crippen LogP contribution in [0.15, 0.2) is 12.2 Å². The van der Waals surface area contributed by atoms with Crippen LogP contribution in [0.5, 0.6) is 0 Å². The van der Waals surface area contributed by atoms with E-state index >= 15 is 9.59 Å². The highest BCUT2D eigenvalue weighted by molar-refractivity contribution is 5.99. The Hall–Kier alpha value is -6.70. The van der Waals surface area contributed by atoms with Crippen molar-refractivity contribution in [1.82, 2.24) is 55.6 Å². The van der Waals surface area contributed by atoms with Gasteiger partial charge >= 0.3 is 5.97 Å². The van der Waals surface area contributed by atoms with Gasteiger partial charge in [-0.3, -0.25) is 57.5 Å². The third-order valence-electron chi connectivity index (χ3n) is 16.7. The fraction of sp³-hybridized carbons (Fsp3) is 0.781. The molecule has 1 heterocycles. The van der Waals surface area contributed by atoms with Crippen molar-refractivity contribution < 1.29 is 72.5 Å². The largest absolute Gasteiger partial charge is 0.481 e. The Morgan fingerprint density at radius 3 is 1.49 bits per heavy atom. The van der Waals surface area contributed by atoms with Crippen LogP contribution >= 0.6 is 0 Å². The third-order valence-corrected chi connectivity index (χ3v) is 16.7. The number of aliphatic hydroxyl groups is 1. The monoisotopic (exact) mass is 1280 g/mol. The topological polar surface area (TPSA) is 325 Å². The molecule has 1 rings (SSSR count). The number of aliphatic hydroxyl groups excluding tert-OH is 1. The number of allylic oxidation sites excluding steroid dienone is 2. The molecule has 1 aliphatic heterocycles. The Bertz CT molecular complexity index is 2490. The fourth-order valence-corrected chi connectivity index (χ4v) is 11.1. The second-order valence-electron chi connectivity index (χ2n) is 26.5. The average Bonchev–Trinajstić information content (AvgIpc) is 3.59. The van der Waals surface area contributed by atoms with Crippen LogP contribution in [0.1, 0.15) is 156 Å². The Labute approximate surface area is 535 Å². The summed E-state index contributed by atoms with van der Waals surface area (Å²) >= 11 is 0. The number of hydrogen-bond acceptors (Lipinski definition) is 14. The number of nitrogens with zero attached hydrogens (tertiary/aromatic N) is 7. The van der Waals surface area contributed by atoms with Crippen LogP contribution in [0.2, 0.25) is 0 Å². The first-order chi connectivity index (χ1) is 41.6. The zero-order valence-electron chi connectivity index (χ0n) is 58.2. The molecule has 0 saturated carbocycles. The Morgan fingerprint density at radius 2 is 1.01 bits per heavy atom. The molecule has 0 radical (unpaired) electrons. The van der Waals surface area contributed by atoms with Crippen LogP contribution in [-0.2, 0) is 62.3 Å². The number of amides is 11. The smallest absolute Gasteiger partial charge is 0.303 e. The number of carboxylic acid groups (broad SMARTS) is 1. The van der Waals surface area contributed by atoms with E-state index in [0.29, 0.717) is 0 Å². The van der Waals surface area contributed by atoms with Gasteiger partial charge in [0.05, 0.1) is 18.8 Å². The molecular weight excluding hydrogens is 1160 g/mol. The van der Waals surface area contributed by atoms with Crippen LogP contribution in [0.4, 0.5) is 0 Å². The summed E-state index contributed by atoms with van der Waals surface area (Å²) in [5.74, 6) is -11.7. The number of likely N-dealkylation sites (N-methyl/N-ethyl adjacent to an activating group) is 7. The Morgan fingerprint density at radius 1 is 0.544 bits per heavy atom. The van der Waals surface area contributed by atoms with E-state index in [2.05, 4.69) is 21.3 Å². The molecule has 0 aromatic carbocycles. The number of carboxylic acids is 1. The summed E-state index contributed by atoms with van der Waals surface area (Å²) < 4.78 is 5.96. The van der Waals surface area contributed by atoms with Crippen molar-refractivity contribution in [3.63, 3.8) is 0 Å². The predicted octanol–water partition coefficient (Wildman–Crippen LogP) is 2.49. The summed E-state index contributed by atoms with van der Waals surface area (Å²) in [6, 6.07) is -13.2. The Kier molecular flexibility index (Phi) is 34.0. The van der Waals surface area contributed by atoms with Crippen molar-refractivity contribution in [2.75, 3.05) is 62.5 Å². The van der Waals surface area contributed by atoms with E-state index in [9.17, 15) is 58.2 Å². The van der Waals surface area contributed by atoms with Crippen LogP contribution < -0.4 is 21.3 Å². The van der Waals surface area contributed by atoms with Crippen molar-refractivity contribution >= 4 is 70.9 Å². The van der Waals surface area contributed by atoms with Gasteiger partial charge in [0.2, 0.25) is 65.0 Å². The zero-order chi connectivity index (χ0) is 69.7. The van der Waals surface area contributed by atoms with Gasteiger partial charge in [-0.25, -0.2) is 0 Å². The highest BCUT2D eigenvalue weighted by Gasteiger charge is 2.46. The maximum Gasteiger partial charge on any atom is 0.303 e. The van der Waals surface area contributed by atoms with Gasteiger partial charge < -0.3 is 70.5 Å². The lowest BCUT2D eigenvalue weighted by Crippen LogP contribution is -2.63. The molecule has 514 valence electrons. The van der Waals surface area contributed by atoms with E-state index < -0.39 is 168 Å². The van der Waals surface area contributed by atoms with Gasteiger partial charge in [0.15, 0.2) is 0 Å². The lowest BCUT2D eigenvalue weighted by molar-refractivity contribution is -0.157. The minimum Gasteiger partial charge on any atom is -0.481 e. The summed E-state index contributed by atoms with van der Waals surface area (Å²) in [6.07, 6.45) is 1.23. The van der Waals surface area contributed by atoms with Crippen LogP contribution in [0.3, 0.4) is 0 Å². The number of ether oxygens (including phenoxy) is 1. The van der Waals surface area contributed by atoms with Gasteiger partial charge in [0.25, 0.3) is 0 Å². The first-order valence-corrected chi connectivity index (χ1v) is 31.8. The predicted molar refractivity (Wildman–Crippen MR) is 341 cm³/mol. The van der Waals surface area contributed by atoms with Gasteiger partial charge in [-0.2, -0.15) is 0 Å². The molecule has 0 aliphatic carbocycles. The van der Waals surface area contributed by atoms with Crippen molar-refractivity contribution in [3.8, 4) is 0 Å². The van der Waals surface area contributed by atoms with E-state index in [4.69, 9.17) is 4.74 Å². The number of carbonyl (C=O) groups is 12. The molecule has 11 amide bonds. The van der Waals surface area contributed by atoms with Gasteiger partial charge in [0.1, 0.15) is 60.4 Å². The molecule has 6 N–H and O–H groups in total. The summed E-state index contributed by atoms with van der Waals surface area (Å²) in [6.45, 7) is 26.4. The molecule has 26 heteroatoms. The van der Waals surface area contributed by atoms with Crippen LogP contribution in [0.25, 0.3) is 0 Å². The molecule has 13 atom stereocenters. The van der Waals surface area contributed by atoms with Crippen LogP contribution in [0, 0.1) is 35.5 Å². The highest BCUT2D eigenvalue weighted by Crippen LogP contribution is 2.26. The molecule has 0 bridgehead atoms. The molecule has 26 nitrogen and oxygen atoms in total. The fourth-order valence-electron chi connectivity index (χ4n) is 11.1. The maximum atomic E-state index is 15.2. The lowest BCUT2D eigenvalue weighted by atomic mass is 9.91. The number of rotatable bonds is 19. The van der Waals surface area contributed by atoms with Crippen molar-refractivity contribution in [3.05, 3.63) is 12.2 Å². The second kappa shape index (κ2) is 37.6. The minimum atomic E-state index is -1.66. The van der Waals surface area contributed by atoms with Gasteiger partial charge in [-0.15, -0.1) is 0 Å². The standard InChI is InChI=1S/C64H113N11O15/c1-24-26-28-40(13)54(79)53-58(83)67-44(25-2)60(85)69(17)34-48(76)73(21)52(43(16)90-30-27-29-49(77)78)57(82)68-50(38(9)10)63(88)70(18)45(31-35(3)4)56(81)65-41(14)55(80)66-42(15)59(84)71(19)46(32-36(5)6)61(86)72(20)47(33-37(7)8)62(87)74(22)51(39(11)12)64(89)75(53)23/h24,26,35-47,50-54,79H,25,27-34H2,1-23H3,(H,65,81)(H,66,80)(H,67,83)(H,68,82)(H,77,78)/t40-,41+,42-,43-,44+,45+,46+,47+,50+,51+,52+,53+,54-/m1/s1. The van der Waals surface area contributed by atoms with E-state index in [-0.39, 0.29) is 69.3 Å². The molecule has 1 fully saturated rings. The minimum absolute atomic E-state index is 0.0388. The summed E-state index contributed by atoms with van der Waals surface area (Å²) in [5.41, 5.74) is 0. The molecule has 0 spiro atoms. The number of aliphatic carboxylic acids is 1. The first kappa shape index (κ1) is 81.3. The highest BCUT2D eigenvalue weighted by atomic mass is 16.5. The van der Waals surface area contributed by atoms with E-state index in [1.165, 1.54) is 89.7 Å². The van der Waals surface area contributed by atoms with Gasteiger partial charge in [-0.05, 0) is 102 Å². The van der Waals surface area contributed by atoms with E-state index in [1.54, 1.807) is 60.6 Å². The van der Waals surface area contributed by atoms with Crippen molar-refractivity contribution in [2.24, 2.45) is 35.5 Å². The van der Waals surface area contributed by atoms with Gasteiger partial charge in [-0.1, -0.05) is 95.2 Å².